The van der Waals surface area contributed by atoms with Gasteiger partial charge in [-0.25, -0.2) is 9.97 Å². The summed E-state index contributed by atoms with van der Waals surface area (Å²) in [5.41, 5.74) is 1.91. The minimum absolute atomic E-state index is 0.500. The zero-order chi connectivity index (χ0) is 14.9. The Morgan fingerprint density at radius 1 is 1.14 bits per heavy atom. The van der Waals surface area contributed by atoms with E-state index in [4.69, 9.17) is 0 Å². The number of hydrogen-bond acceptors (Lipinski definition) is 5. The predicted octanol–water partition coefficient (Wildman–Crippen LogP) is 2.12. The largest absolute Gasteiger partial charge is 0.387 e. The number of rotatable bonds is 8. The summed E-state index contributed by atoms with van der Waals surface area (Å²) in [7, 11) is 0. The standard InChI is InChI=1S/C16H22N4O/c1-2-8-18-16-19-10-13(11-20-16)9-17-12-15(21)14-6-4-3-5-7-14/h3-7,10-11,15,17,21H,2,8-9,12H2,1H3,(H,18,19,20). The Bertz CT molecular complexity index is 516. The second-order valence-electron chi connectivity index (χ2n) is 4.90. The summed E-state index contributed by atoms with van der Waals surface area (Å²) in [6.45, 7) is 4.11. The Labute approximate surface area is 125 Å². The molecule has 21 heavy (non-hydrogen) atoms. The van der Waals surface area contributed by atoms with E-state index in [1.165, 1.54) is 0 Å². The summed E-state index contributed by atoms with van der Waals surface area (Å²) >= 11 is 0. The van der Waals surface area contributed by atoms with Crippen molar-refractivity contribution < 1.29 is 5.11 Å². The summed E-state index contributed by atoms with van der Waals surface area (Å²) in [6, 6.07) is 9.63. The molecule has 1 heterocycles. The van der Waals surface area contributed by atoms with Crippen molar-refractivity contribution in [2.24, 2.45) is 0 Å². The van der Waals surface area contributed by atoms with E-state index >= 15 is 0 Å². The number of aliphatic hydroxyl groups is 1. The third kappa shape index (κ3) is 5.13. The normalized spacial score (nSPS) is 12.1. The molecule has 1 unspecified atom stereocenters. The van der Waals surface area contributed by atoms with Gasteiger partial charge in [0, 0.05) is 37.6 Å². The molecule has 1 aromatic heterocycles. The molecule has 0 radical (unpaired) electrons. The predicted molar refractivity (Wildman–Crippen MR) is 83.9 cm³/mol. The van der Waals surface area contributed by atoms with Crippen molar-refractivity contribution in [3.05, 3.63) is 53.9 Å². The number of hydrogen-bond donors (Lipinski definition) is 3. The molecule has 5 nitrogen and oxygen atoms in total. The first-order valence-electron chi connectivity index (χ1n) is 7.28. The van der Waals surface area contributed by atoms with Crippen LogP contribution in [0.4, 0.5) is 5.95 Å². The van der Waals surface area contributed by atoms with Gasteiger partial charge in [-0.3, -0.25) is 0 Å². The highest BCUT2D eigenvalue weighted by molar-refractivity contribution is 5.24. The van der Waals surface area contributed by atoms with Crippen molar-refractivity contribution in [2.45, 2.75) is 26.0 Å². The molecule has 0 bridgehead atoms. The van der Waals surface area contributed by atoms with Crippen LogP contribution in [-0.4, -0.2) is 28.2 Å². The minimum Gasteiger partial charge on any atom is -0.387 e. The Kier molecular flexibility index (Phi) is 6.12. The maximum atomic E-state index is 10.0. The van der Waals surface area contributed by atoms with Crippen LogP contribution in [0.25, 0.3) is 0 Å². The summed E-state index contributed by atoms with van der Waals surface area (Å²) in [4.78, 5) is 8.49. The van der Waals surface area contributed by atoms with Crippen molar-refractivity contribution in [3.8, 4) is 0 Å². The highest BCUT2D eigenvalue weighted by atomic mass is 16.3. The van der Waals surface area contributed by atoms with E-state index in [2.05, 4.69) is 27.5 Å². The van der Waals surface area contributed by atoms with Crippen LogP contribution in [0.3, 0.4) is 0 Å². The van der Waals surface area contributed by atoms with Crippen molar-refractivity contribution in [1.29, 1.82) is 0 Å². The van der Waals surface area contributed by atoms with Crippen LogP contribution in [0, 0.1) is 0 Å². The van der Waals surface area contributed by atoms with E-state index in [0.717, 1.165) is 24.1 Å². The molecule has 0 saturated heterocycles. The van der Waals surface area contributed by atoms with Crippen LogP contribution in [0.1, 0.15) is 30.6 Å². The van der Waals surface area contributed by atoms with Gasteiger partial charge in [-0.15, -0.1) is 0 Å². The van der Waals surface area contributed by atoms with Crippen molar-refractivity contribution in [3.63, 3.8) is 0 Å². The molecule has 0 saturated carbocycles. The smallest absolute Gasteiger partial charge is 0.222 e. The van der Waals surface area contributed by atoms with Crippen molar-refractivity contribution in [2.75, 3.05) is 18.4 Å². The molecule has 1 aromatic carbocycles. The van der Waals surface area contributed by atoms with Gasteiger partial charge in [0.25, 0.3) is 0 Å². The first-order chi connectivity index (χ1) is 10.3. The Morgan fingerprint density at radius 3 is 2.52 bits per heavy atom. The first kappa shape index (κ1) is 15.4. The third-order valence-corrected chi connectivity index (χ3v) is 3.09. The second kappa shape index (κ2) is 8.34. The van der Waals surface area contributed by atoms with Crippen LogP contribution in [0.2, 0.25) is 0 Å². The van der Waals surface area contributed by atoms with Gasteiger partial charge >= 0.3 is 0 Å². The molecule has 112 valence electrons. The van der Waals surface area contributed by atoms with Crippen LogP contribution in [-0.2, 0) is 6.54 Å². The Balaban J connectivity index is 1.75. The molecule has 3 N–H and O–H groups in total. The molecule has 1 atom stereocenters. The number of benzene rings is 1. The molecule has 2 aromatic rings. The van der Waals surface area contributed by atoms with Crippen molar-refractivity contribution >= 4 is 5.95 Å². The van der Waals surface area contributed by atoms with Gasteiger partial charge < -0.3 is 15.7 Å². The van der Waals surface area contributed by atoms with Gasteiger partial charge in [-0.05, 0) is 12.0 Å². The maximum Gasteiger partial charge on any atom is 0.222 e. The van der Waals surface area contributed by atoms with Gasteiger partial charge in [-0.1, -0.05) is 37.3 Å². The fourth-order valence-electron chi connectivity index (χ4n) is 1.92. The quantitative estimate of drug-likeness (QED) is 0.693. The second-order valence-corrected chi connectivity index (χ2v) is 4.90. The van der Waals surface area contributed by atoms with Gasteiger partial charge in [0.05, 0.1) is 6.10 Å². The molecule has 0 amide bonds. The number of nitrogens with zero attached hydrogens (tertiary/aromatic N) is 2. The molecular weight excluding hydrogens is 264 g/mol. The lowest BCUT2D eigenvalue weighted by Gasteiger charge is -2.12. The van der Waals surface area contributed by atoms with Crippen LogP contribution in [0.15, 0.2) is 42.7 Å². The lowest BCUT2D eigenvalue weighted by Crippen LogP contribution is -2.21. The lowest BCUT2D eigenvalue weighted by atomic mass is 10.1. The highest BCUT2D eigenvalue weighted by Crippen LogP contribution is 2.10. The Hall–Kier alpha value is -1.98. The fraction of sp³-hybridized carbons (Fsp3) is 0.375. The van der Waals surface area contributed by atoms with Gasteiger partial charge in [0.2, 0.25) is 5.95 Å². The number of nitrogens with one attached hydrogen (secondary N) is 2. The topological polar surface area (TPSA) is 70.1 Å². The van der Waals surface area contributed by atoms with Crippen LogP contribution < -0.4 is 10.6 Å². The number of aliphatic hydroxyl groups excluding tert-OH is 1. The fourth-order valence-corrected chi connectivity index (χ4v) is 1.92. The number of anilines is 1. The van der Waals surface area contributed by atoms with E-state index in [0.29, 0.717) is 19.0 Å². The van der Waals surface area contributed by atoms with E-state index in [1.807, 2.05) is 30.3 Å². The molecule has 0 aliphatic rings. The van der Waals surface area contributed by atoms with E-state index < -0.39 is 6.10 Å². The lowest BCUT2D eigenvalue weighted by molar-refractivity contribution is 0.174. The van der Waals surface area contributed by atoms with Crippen molar-refractivity contribution in [1.82, 2.24) is 15.3 Å². The Morgan fingerprint density at radius 2 is 1.86 bits per heavy atom. The molecule has 0 aliphatic heterocycles. The SMILES string of the molecule is CCCNc1ncc(CNCC(O)c2ccccc2)cn1. The summed E-state index contributed by atoms with van der Waals surface area (Å²) in [5, 5.41) is 16.4. The first-order valence-corrected chi connectivity index (χ1v) is 7.28. The van der Waals surface area contributed by atoms with E-state index in [1.54, 1.807) is 12.4 Å². The molecule has 5 heteroatoms. The zero-order valence-corrected chi connectivity index (χ0v) is 12.3. The highest BCUT2D eigenvalue weighted by Gasteiger charge is 2.06. The summed E-state index contributed by atoms with van der Waals surface area (Å²) in [5.74, 6) is 0.657. The molecule has 0 spiro atoms. The molecule has 0 fully saturated rings. The minimum atomic E-state index is -0.502. The third-order valence-electron chi connectivity index (χ3n) is 3.09. The van der Waals surface area contributed by atoms with Gasteiger partial charge in [0.1, 0.15) is 0 Å². The molecule has 0 aliphatic carbocycles. The van der Waals surface area contributed by atoms with Gasteiger partial charge in [-0.2, -0.15) is 0 Å². The van der Waals surface area contributed by atoms with Crippen LogP contribution in [0.5, 0.6) is 0 Å². The maximum absolute atomic E-state index is 10.0. The average Bonchev–Trinajstić information content (AvgIpc) is 2.55. The average molecular weight is 286 g/mol. The van der Waals surface area contributed by atoms with Gasteiger partial charge in [0.15, 0.2) is 0 Å². The number of aromatic nitrogens is 2. The monoisotopic (exact) mass is 286 g/mol. The van der Waals surface area contributed by atoms with E-state index in [-0.39, 0.29) is 0 Å². The molecular formula is C16H22N4O. The molecule has 2 rings (SSSR count). The van der Waals surface area contributed by atoms with Crippen LogP contribution >= 0.6 is 0 Å². The van der Waals surface area contributed by atoms with E-state index in [9.17, 15) is 5.11 Å². The summed E-state index contributed by atoms with van der Waals surface area (Å²) in [6.07, 6.45) is 4.14. The zero-order valence-electron chi connectivity index (χ0n) is 12.3. The summed E-state index contributed by atoms with van der Waals surface area (Å²) < 4.78 is 0.